The van der Waals surface area contributed by atoms with Crippen molar-refractivity contribution in [2.45, 2.75) is 0 Å². The first kappa shape index (κ1) is 16.7. The molecule has 1 aliphatic rings. The molecule has 1 aliphatic heterocycles. The fourth-order valence-corrected chi connectivity index (χ4v) is 4.15. The van der Waals surface area contributed by atoms with E-state index in [4.69, 9.17) is 0 Å². The molecular weight excluding hydrogens is 436 g/mol. The molecule has 3 rings (SSSR count). The van der Waals surface area contributed by atoms with Gasteiger partial charge in [0.1, 0.15) is 0 Å². The van der Waals surface area contributed by atoms with Gasteiger partial charge in [-0.1, -0.05) is 68.3 Å². The zero-order valence-electron chi connectivity index (χ0n) is 12.3. The number of carbonyl (C=O) groups is 1. The standard InChI is InChI=1S/C19H14Br2OS/c20-17-7-3-1-5-13(17)9-15-11-23-12-16(19(15)22)10-14-6-2-4-8-18(14)21/h1-10H,11-12H2/b15-9+,16-10+. The van der Waals surface area contributed by atoms with Crippen LogP contribution >= 0.6 is 43.6 Å². The maximum Gasteiger partial charge on any atom is 0.186 e. The lowest BCUT2D eigenvalue weighted by Crippen LogP contribution is -2.16. The smallest absolute Gasteiger partial charge is 0.186 e. The Kier molecular flexibility index (Phi) is 5.57. The largest absolute Gasteiger partial charge is 0.289 e. The first-order valence-corrected chi connectivity index (χ1v) is 9.92. The number of Topliss-reactive ketones (excluding diaryl/α,β-unsaturated/α-hetero) is 1. The minimum atomic E-state index is 0.148. The summed E-state index contributed by atoms with van der Waals surface area (Å²) in [6.45, 7) is 0. The van der Waals surface area contributed by atoms with Gasteiger partial charge >= 0.3 is 0 Å². The highest BCUT2D eigenvalue weighted by Gasteiger charge is 2.21. The molecule has 1 fully saturated rings. The third-order valence-electron chi connectivity index (χ3n) is 3.57. The Labute approximate surface area is 157 Å². The maximum atomic E-state index is 12.8. The molecule has 0 saturated carbocycles. The van der Waals surface area contributed by atoms with Gasteiger partial charge < -0.3 is 0 Å². The van der Waals surface area contributed by atoms with Crippen LogP contribution in [0.3, 0.4) is 0 Å². The van der Waals surface area contributed by atoms with Crippen LogP contribution in [0.25, 0.3) is 12.2 Å². The van der Waals surface area contributed by atoms with Crippen molar-refractivity contribution in [3.8, 4) is 0 Å². The van der Waals surface area contributed by atoms with Crippen LogP contribution in [0.5, 0.6) is 0 Å². The van der Waals surface area contributed by atoms with Gasteiger partial charge in [0.15, 0.2) is 5.78 Å². The molecule has 4 heteroatoms. The van der Waals surface area contributed by atoms with Gasteiger partial charge in [0.2, 0.25) is 0 Å². The molecule has 0 aliphatic carbocycles. The van der Waals surface area contributed by atoms with Crippen molar-refractivity contribution in [1.29, 1.82) is 0 Å². The van der Waals surface area contributed by atoms with Gasteiger partial charge in [0, 0.05) is 31.6 Å². The van der Waals surface area contributed by atoms with Crippen molar-refractivity contribution in [3.05, 3.63) is 79.7 Å². The lowest BCUT2D eigenvalue weighted by Gasteiger charge is -2.17. The van der Waals surface area contributed by atoms with Crippen LogP contribution in [0.1, 0.15) is 11.1 Å². The average molecular weight is 450 g/mol. The molecule has 1 nitrogen and oxygen atoms in total. The van der Waals surface area contributed by atoms with E-state index in [9.17, 15) is 4.79 Å². The highest BCUT2D eigenvalue weighted by molar-refractivity contribution is 9.10. The zero-order chi connectivity index (χ0) is 16.2. The number of carbonyl (C=O) groups excluding carboxylic acids is 1. The van der Waals surface area contributed by atoms with Crippen molar-refractivity contribution < 1.29 is 4.79 Å². The third kappa shape index (κ3) is 4.06. The first-order valence-electron chi connectivity index (χ1n) is 7.18. The predicted molar refractivity (Wildman–Crippen MR) is 107 cm³/mol. The lowest BCUT2D eigenvalue weighted by molar-refractivity contribution is -0.112. The summed E-state index contributed by atoms with van der Waals surface area (Å²) in [4.78, 5) is 12.8. The fraction of sp³-hybridized carbons (Fsp3) is 0.105. The number of hydrogen-bond donors (Lipinski definition) is 0. The second-order valence-corrected chi connectivity index (χ2v) is 7.90. The van der Waals surface area contributed by atoms with E-state index >= 15 is 0 Å². The average Bonchev–Trinajstić information content (AvgIpc) is 2.55. The molecule has 0 bridgehead atoms. The molecule has 0 unspecified atom stereocenters. The van der Waals surface area contributed by atoms with Crippen LogP contribution in [0.4, 0.5) is 0 Å². The topological polar surface area (TPSA) is 17.1 Å². The number of thioether (sulfide) groups is 1. The summed E-state index contributed by atoms with van der Waals surface area (Å²) in [5.74, 6) is 1.66. The summed E-state index contributed by atoms with van der Waals surface area (Å²) in [6, 6.07) is 15.9. The van der Waals surface area contributed by atoms with Crippen LogP contribution < -0.4 is 0 Å². The minimum absolute atomic E-state index is 0.148. The van der Waals surface area contributed by atoms with Crippen LogP contribution in [0, 0.1) is 0 Å². The second-order valence-electron chi connectivity index (χ2n) is 5.20. The molecule has 1 heterocycles. The highest BCUT2D eigenvalue weighted by Crippen LogP contribution is 2.29. The van der Waals surface area contributed by atoms with Gasteiger partial charge in [0.25, 0.3) is 0 Å². The van der Waals surface area contributed by atoms with Crippen molar-refractivity contribution in [2.75, 3.05) is 11.5 Å². The van der Waals surface area contributed by atoms with Crippen LogP contribution in [0.2, 0.25) is 0 Å². The summed E-state index contributed by atoms with van der Waals surface area (Å²) in [5, 5.41) is 0. The predicted octanol–water partition coefficient (Wildman–Crippen LogP) is 5.99. The number of halogens is 2. The van der Waals surface area contributed by atoms with E-state index in [0.29, 0.717) is 0 Å². The number of hydrogen-bond acceptors (Lipinski definition) is 2. The van der Waals surface area contributed by atoms with E-state index in [0.717, 1.165) is 42.7 Å². The highest BCUT2D eigenvalue weighted by atomic mass is 79.9. The van der Waals surface area contributed by atoms with E-state index in [1.165, 1.54) is 0 Å². The van der Waals surface area contributed by atoms with Crippen LogP contribution in [0.15, 0.2) is 68.6 Å². The molecule has 0 atom stereocenters. The quantitative estimate of drug-likeness (QED) is 0.523. The van der Waals surface area contributed by atoms with E-state index in [-0.39, 0.29) is 5.78 Å². The van der Waals surface area contributed by atoms with Crippen molar-refractivity contribution in [3.63, 3.8) is 0 Å². The van der Waals surface area contributed by atoms with Crippen LogP contribution in [-0.4, -0.2) is 17.3 Å². The van der Waals surface area contributed by atoms with E-state index in [1.807, 2.05) is 60.7 Å². The zero-order valence-corrected chi connectivity index (χ0v) is 16.2. The summed E-state index contributed by atoms with van der Waals surface area (Å²) < 4.78 is 2.01. The molecule has 2 aromatic carbocycles. The first-order chi connectivity index (χ1) is 11.1. The van der Waals surface area contributed by atoms with Gasteiger partial charge in [0.05, 0.1) is 0 Å². The minimum Gasteiger partial charge on any atom is -0.289 e. The fourth-order valence-electron chi connectivity index (χ4n) is 2.38. The molecule has 0 aromatic heterocycles. The lowest BCUT2D eigenvalue weighted by atomic mass is 10.0. The Hall–Kier alpha value is -1.10. The Balaban J connectivity index is 1.93. The van der Waals surface area contributed by atoms with Crippen LogP contribution in [-0.2, 0) is 4.79 Å². The monoisotopic (exact) mass is 448 g/mol. The van der Waals surface area contributed by atoms with E-state index in [2.05, 4.69) is 31.9 Å². The molecule has 23 heavy (non-hydrogen) atoms. The Bertz CT molecular complexity index is 743. The van der Waals surface area contributed by atoms with Crippen molar-refractivity contribution in [2.24, 2.45) is 0 Å². The Morgan fingerprint density at radius 1 is 0.783 bits per heavy atom. The van der Waals surface area contributed by atoms with Crippen molar-refractivity contribution >= 4 is 61.6 Å². The molecule has 0 amide bonds. The molecule has 2 aromatic rings. The summed E-state index contributed by atoms with van der Waals surface area (Å²) >= 11 is 8.85. The molecule has 116 valence electrons. The molecular formula is C19H14Br2OS. The number of ketones is 1. The van der Waals surface area contributed by atoms with Gasteiger partial charge in [-0.25, -0.2) is 0 Å². The maximum absolute atomic E-state index is 12.8. The normalized spacial score (nSPS) is 18.6. The molecule has 0 N–H and O–H groups in total. The summed E-state index contributed by atoms with van der Waals surface area (Å²) in [5.41, 5.74) is 3.79. The molecule has 0 radical (unpaired) electrons. The van der Waals surface area contributed by atoms with Crippen molar-refractivity contribution in [1.82, 2.24) is 0 Å². The SMILES string of the molecule is O=C1/C(=C/c2ccccc2Br)CSC/C1=C\c1ccccc1Br. The number of benzene rings is 2. The van der Waals surface area contributed by atoms with Gasteiger partial charge in [-0.15, -0.1) is 0 Å². The second kappa shape index (κ2) is 7.65. The molecule has 0 spiro atoms. The summed E-state index contributed by atoms with van der Waals surface area (Å²) in [6.07, 6.45) is 3.99. The Morgan fingerprint density at radius 3 is 1.65 bits per heavy atom. The van der Waals surface area contributed by atoms with E-state index in [1.54, 1.807) is 11.8 Å². The third-order valence-corrected chi connectivity index (χ3v) is 6.04. The number of rotatable bonds is 2. The van der Waals surface area contributed by atoms with E-state index < -0.39 is 0 Å². The van der Waals surface area contributed by atoms with Gasteiger partial charge in [-0.2, -0.15) is 11.8 Å². The molecule has 1 saturated heterocycles. The Morgan fingerprint density at radius 2 is 1.22 bits per heavy atom. The van der Waals surface area contributed by atoms with Gasteiger partial charge in [-0.3, -0.25) is 4.79 Å². The van der Waals surface area contributed by atoms with Gasteiger partial charge in [-0.05, 0) is 35.4 Å². The summed E-state index contributed by atoms with van der Waals surface area (Å²) in [7, 11) is 0.